The van der Waals surface area contributed by atoms with E-state index in [4.69, 9.17) is 4.98 Å². The van der Waals surface area contributed by atoms with Crippen molar-refractivity contribution >= 4 is 16.7 Å². The molecule has 2 heterocycles. The molecule has 4 nitrogen and oxygen atoms in total. The lowest BCUT2D eigenvalue weighted by atomic mass is 10.1. The zero-order valence-corrected chi connectivity index (χ0v) is 12.0. The van der Waals surface area contributed by atoms with Gasteiger partial charge in [-0.25, -0.2) is 4.98 Å². The third kappa shape index (κ3) is 3.08. The second-order valence-corrected chi connectivity index (χ2v) is 5.36. The van der Waals surface area contributed by atoms with Gasteiger partial charge in [0, 0.05) is 44.7 Å². The molecule has 0 bridgehead atoms. The van der Waals surface area contributed by atoms with Crippen LogP contribution in [0.1, 0.15) is 5.56 Å². The number of hydrogen-bond donors (Lipinski definition) is 2. The summed E-state index contributed by atoms with van der Waals surface area (Å²) in [5, 5.41) is 8.06. The number of fused-ring (bicyclic) bond motifs is 1. The predicted octanol–water partition coefficient (Wildman–Crippen LogP) is 1.86. The molecule has 1 aromatic carbocycles. The van der Waals surface area contributed by atoms with Gasteiger partial charge in [0.2, 0.25) is 0 Å². The van der Waals surface area contributed by atoms with E-state index in [0.29, 0.717) is 0 Å². The summed E-state index contributed by atoms with van der Waals surface area (Å²) in [5.74, 6) is 1.01. The van der Waals surface area contributed by atoms with E-state index in [9.17, 15) is 0 Å². The summed E-state index contributed by atoms with van der Waals surface area (Å²) >= 11 is 0. The molecule has 0 amide bonds. The Balaban J connectivity index is 1.63. The fourth-order valence-electron chi connectivity index (χ4n) is 2.67. The molecular weight excluding hydrogens is 248 g/mol. The van der Waals surface area contributed by atoms with Gasteiger partial charge in [-0.2, -0.15) is 0 Å². The molecular formula is C16H22N4. The molecule has 0 aliphatic carbocycles. The molecule has 2 aromatic rings. The van der Waals surface area contributed by atoms with Gasteiger partial charge in [0.1, 0.15) is 5.82 Å². The van der Waals surface area contributed by atoms with Crippen LogP contribution < -0.4 is 10.6 Å². The van der Waals surface area contributed by atoms with Crippen molar-refractivity contribution in [2.75, 3.05) is 44.6 Å². The first-order valence-electron chi connectivity index (χ1n) is 7.36. The summed E-state index contributed by atoms with van der Waals surface area (Å²) in [6, 6.07) is 10.5. The molecule has 20 heavy (non-hydrogen) atoms. The first-order valence-corrected chi connectivity index (χ1v) is 7.36. The number of hydrogen-bond acceptors (Lipinski definition) is 4. The van der Waals surface area contributed by atoms with Crippen molar-refractivity contribution in [1.29, 1.82) is 0 Å². The molecule has 106 valence electrons. The lowest BCUT2D eigenvalue weighted by Crippen LogP contribution is -2.45. The Bertz CT molecular complexity index is 576. The van der Waals surface area contributed by atoms with Gasteiger partial charge in [-0.1, -0.05) is 18.2 Å². The third-order valence-corrected chi connectivity index (χ3v) is 3.84. The Hall–Kier alpha value is -1.65. The van der Waals surface area contributed by atoms with Crippen molar-refractivity contribution in [3.05, 3.63) is 35.9 Å². The van der Waals surface area contributed by atoms with Crippen LogP contribution in [0.25, 0.3) is 10.9 Å². The minimum atomic E-state index is 0.951. The minimum Gasteiger partial charge on any atom is -0.369 e. The van der Waals surface area contributed by atoms with Crippen LogP contribution in [0.4, 0.5) is 5.82 Å². The van der Waals surface area contributed by atoms with Crippen LogP contribution in [0.3, 0.4) is 0 Å². The van der Waals surface area contributed by atoms with Gasteiger partial charge < -0.3 is 10.6 Å². The van der Waals surface area contributed by atoms with Crippen molar-refractivity contribution in [2.45, 2.75) is 6.92 Å². The average Bonchev–Trinajstić information content (AvgIpc) is 2.49. The van der Waals surface area contributed by atoms with Gasteiger partial charge in [0.15, 0.2) is 0 Å². The predicted molar refractivity (Wildman–Crippen MR) is 84.3 cm³/mol. The number of aryl methyl sites for hydroxylation is 1. The Morgan fingerprint density at radius 1 is 1.25 bits per heavy atom. The van der Waals surface area contributed by atoms with Crippen LogP contribution in [0.2, 0.25) is 0 Å². The highest BCUT2D eigenvalue weighted by Gasteiger charge is 2.09. The maximum atomic E-state index is 4.72. The van der Waals surface area contributed by atoms with Gasteiger partial charge in [0.25, 0.3) is 0 Å². The Kier molecular flexibility index (Phi) is 4.14. The summed E-state index contributed by atoms with van der Waals surface area (Å²) in [7, 11) is 0. The Morgan fingerprint density at radius 3 is 2.90 bits per heavy atom. The molecule has 0 saturated carbocycles. The summed E-state index contributed by atoms with van der Waals surface area (Å²) in [5.41, 5.74) is 2.27. The van der Waals surface area contributed by atoms with Gasteiger partial charge >= 0.3 is 0 Å². The number of benzene rings is 1. The normalized spacial score (nSPS) is 16.4. The molecule has 1 aliphatic rings. The lowest BCUT2D eigenvalue weighted by Gasteiger charge is -2.27. The summed E-state index contributed by atoms with van der Waals surface area (Å²) in [6.45, 7) is 8.65. The maximum absolute atomic E-state index is 4.72. The SMILES string of the molecule is Cc1cc2ccccc2nc1NCCN1CCNCC1. The smallest absolute Gasteiger partial charge is 0.129 e. The first-order chi connectivity index (χ1) is 9.83. The van der Waals surface area contributed by atoms with E-state index >= 15 is 0 Å². The summed E-state index contributed by atoms with van der Waals surface area (Å²) in [6.07, 6.45) is 0. The average molecular weight is 270 g/mol. The number of anilines is 1. The van der Waals surface area contributed by atoms with Crippen molar-refractivity contribution in [2.24, 2.45) is 0 Å². The standard InChI is InChI=1S/C16H22N4/c1-13-12-14-4-2-3-5-15(14)19-16(13)18-8-11-20-9-6-17-7-10-20/h2-5,12,17H,6-11H2,1H3,(H,18,19). The molecule has 1 aliphatic heterocycles. The number of nitrogens with zero attached hydrogens (tertiary/aromatic N) is 2. The number of pyridine rings is 1. The quantitative estimate of drug-likeness (QED) is 0.889. The van der Waals surface area contributed by atoms with E-state index in [2.05, 4.69) is 46.7 Å². The van der Waals surface area contributed by atoms with E-state index < -0.39 is 0 Å². The summed E-state index contributed by atoms with van der Waals surface area (Å²) < 4.78 is 0. The van der Waals surface area contributed by atoms with Gasteiger partial charge in [-0.3, -0.25) is 4.90 Å². The van der Waals surface area contributed by atoms with E-state index in [1.807, 2.05) is 6.07 Å². The van der Waals surface area contributed by atoms with Crippen molar-refractivity contribution in [3.63, 3.8) is 0 Å². The molecule has 0 spiro atoms. The van der Waals surface area contributed by atoms with Gasteiger partial charge in [-0.15, -0.1) is 0 Å². The number of rotatable bonds is 4. The summed E-state index contributed by atoms with van der Waals surface area (Å²) in [4.78, 5) is 7.20. The molecule has 0 radical (unpaired) electrons. The van der Waals surface area contributed by atoms with Crippen LogP contribution in [-0.2, 0) is 0 Å². The fraction of sp³-hybridized carbons (Fsp3) is 0.438. The largest absolute Gasteiger partial charge is 0.369 e. The fourth-order valence-corrected chi connectivity index (χ4v) is 2.67. The number of para-hydroxylation sites is 1. The van der Waals surface area contributed by atoms with Crippen molar-refractivity contribution < 1.29 is 0 Å². The third-order valence-electron chi connectivity index (χ3n) is 3.84. The highest BCUT2D eigenvalue weighted by molar-refractivity contribution is 5.81. The van der Waals surface area contributed by atoms with Crippen molar-refractivity contribution in [1.82, 2.24) is 15.2 Å². The van der Waals surface area contributed by atoms with Gasteiger partial charge in [-0.05, 0) is 24.6 Å². The van der Waals surface area contributed by atoms with Crippen LogP contribution in [-0.4, -0.2) is 49.2 Å². The zero-order valence-electron chi connectivity index (χ0n) is 12.0. The van der Waals surface area contributed by atoms with E-state index in [1.165, 1.54) is 10.9 Å². The van der Waals surface area contributed by atoms with Crippen LogP contribution in [0.15, 0.2) is 30.3 Å². The molecule has 3 rings (SSSR count). The highest BCUT2D eigenvalue weighted by atomic mass is 15.2. The lowest BCUT2D eigenvalue weighted by molar-refractivity contribution is 0.249. The number of piperazine rings is 1. The molecule has 0 unspecified atom stereocenters. The van der Waals surface area contributed by atoms with Crippen molar-refractivity contribution in [3.8, 4) is 0 Å². The highest BCUT2D eigenvalue weighted by Crippen LogP contribution is 2.19. The maximum Gasteiger partial charge on any atom is 0.129 e. The Morgan fingerprint density at radius 2 is 2.05 bits per heavy atom. The number of aromatic nitrogens is 1. The first kappa shape index (κ1) is 13.3. The second kappa shape index (κ2) is 6.20. The van der Waals surface area contributed by atoms with Crippen LogP contribution >= 0.6 is 0 Å². The minimum absolute atomic E-state index is 0.951. The van der Waals surface area contributed by atoms with E-state index in [-0.39, 0.29) is 0 Å². The molecule has 0 atom stereocenters. The molecule has 1 saturated heterocycles. The van der Waals surface area contributed by atoms with Crippen LogP contribution in [0.5, 0.6) is 0 Å². The topological polar surface area (TPSA) is 40.2 Å². The molecule has 2 N–H and O–H groups in total. The second-order valence-electron chi connectivity index (χ2n) is 5.36. The van der Waals surface area contributed by atoms with E-state index in [1.54, 1.807) is 0 Å². The van der Waals surface area contributed by atoms with Crippen LogP contribution in [0, 0.1) is 6.92 Å². The molecule has 1 aromatic heterocycles. The number of nitrogens with one attached hydrogen (secondary N) is 2. The Labute approximate surface area is 120 Å². The van der Waals surface area contributed by atoms with E-state index in [0.717, 1.165) is 50.6 Å². The zero-order chi connectivity index (χ0) is 13.8. The van der Waals surface area contributed by atoms with Gasteiger partial charge in [0.05, 0.1) is 5.52 Å². The molecule has 1 fully saturated rings. The molecule has 4 heteroatoms. The monoisotopic (exact) mass is 270 g/mol.